The third-order valence-corrected chi connectivity index (χ3v) is 11.0. The molecule has 8 unspecified atom stereocenters. The molecule has 4 aliphatic rings. The highest BCUT2D eigenvalue weighted by Gasteiger charge is 2.69. The maximum absolute atomic E-state index is 13.0. The Bertz CT molecular complexity index is 1090. The summed E-state index contributed by atoms with van der Waals surface area (Å²) < 4.78 is 5.25. The number of carbonyl (C=O) groups is 4. The summed E-state index contributed by atoms with van der Waals surface area (Å²) in [6.45, 7) is 5.45. The topological polar surface area (TPSA) is 156 Å². The van der Waals surface area contributed by atoms with Crippen molar-refractivity contribution < 1.29 is 34.1 Å². The van der Waals surface area contributed by atoms with Gasteiger partial charge >= 0.3 is 5.97 Å². The van der Waals surface area contributed by atoms with Gasteiger partial charge < -0.3 is 26.0 Å². The van der Waals surface area contributed by atoms with Crippen molar-refractivity contribution in [3.05, 3.63) is 23.3 Å². The van der Waals surface area contributed by atoms with Gasteiger partial charge in [-0.15, -0.1) is 11.6 Å². The Balaban J connectivity index is 1.62. The van der Waals surface area contributed by atoms with E-state index < -0.39 is 46.4 Å². The normalized spacial score (nSPS) is 39.8. The molecule has 38 heavy (non-hydrogen) atoms. The van der Waals surface area contributed by atoms with Crippen LogP contribution in [0.1, 0.15) is 59.3 Å². The van der Waals surface area contributed by atoms with Gasteiger partial charge in [-0.25, -0.2) is 0 Å². The van der Waals surface area contributed by atoms with Gasteiger partial charge in [-0.05, 0) is 67.3 Å². The predicted molar refractivity (Wildman–Crippen MR) is 140 cm³/mol. The molecule has 0 radical (unpaired) electrons. The molecule has 4 rings (SSSR count). The Morgan fingerprint density at radius 3 is 2.63 bits per heavy atom. The number of aliphatic hydroxyl groups is 1. The summed E-state index contributed by atoms with van der Waals surface area (Å²) in [6.07, 6.45) is 5.58. The van der Waals surface area contributed by atoms with Gasteiger partial charge in [0.1, 0.15) is 13.3 Å². The molecule has 1 amide bonds. The van der Waals surface area contributed by atoms with E-state index in [0.717, 1.165) is 18.4 Å². The van der Waals surface area contributed by atoms with Gasteiger partial charge in [0.15, 0.2) is 11.6 Å². The van der Waals surface area contributed by atoms with Crippen molar-refractivity contribution in [3.8, 4) is 0 Å². The molecule has 8 atom stereocenters. The first-order chi connectivity index (χ1) is 17.8. The predicted octanol–water partition coefficient (Wildman–Crippen LogP) is 2.34. The number of nitrogens with one attached hydrogen (secondary N) is 1. The molecule has 0 aromatic carbocycles. The van der Waals surface area contributed by atoms with Crippen LogP contribution in [0.5, 0.6) is 0 Å². The largest absolute Gasteiger partial charge is 0.481 e. The van der Waals surface area contributed by atoms with E-state index in [4.69, 9.17) is 22.1 Å². The summed E-state index contributed by atoms with van der Waals surface area (Å²) in [7, 11) is 0. The Morgan fingerprint density at radius 2 is 1.97 bits per heavy atom. The molecular formula is C28H39ClN2O7. The monoisotopic (exact) mass is 550 g/mol. The molecule has 5 N–H and O–H groups in total. The van der Waals surface area contributed by atoms with Crippen LogP contribution < -0.4 is 11.1 Å². The third kappa shape index (κ3) is 4.55. The maximum atomic E-state index is 13.0. The lowest BCUT2D eigenvalue weighted by atomic mass is 9.46. The Hall–Kier alpha value is -2.07. The molecule has 0 saturated heterocycles. The van der Waals surface area contributed by atoms with Crippen molar-refractivity contribution in [2.24, 2.45) is 40.2 Å². The minimum Gasteiger partial charge on any atom is -0.481 e. The first kappa shape index (κ1) is 28.9. The summed E-state index contributed by atoms with van der Waals surface area (Å²) >= 11 is 7.55. The van der Waals surface area contributed by atoms with Gasteiger partial charge in [0, 0.05) is 11.8 Å². The van der Waals surface area contributed by atoms with Gasteiger partial charge in [-0.3, -0.25) is 19.2 Å². The van der Waals surface area contributed by atoms with Crippen molar-refractivity contribution >= 4 is 35.0 Å². The van der Waals surface area contributed by atoms with E-state index >= 15 is 0 Å². The highest BCUT2D eigenvalue weighted by atomic mass is 35.5. The molecule has 3 fully saturated rings. The zero-order valence-electron chi connectivity index (χ0n) is 22.3. The second kappa shape index (κ2) is 10.5. The number of carboxylic acid groups (broad SMARTS) is 1. The van der Waals surface area contributed by atoms with Crippen LogP contribution in [0.4, 0.5) is 0 Å². The average molecular weight is 551 g/mol. The number of allylic oxidation sites excluding steroid dienone is 3. The van der Waals surface area contributed by atoms with Gasteiger partial charge in [-0.2, -0.15) is 0 Å². The van der Waals surface area contributed by atoms with Gasteiger partial charge in [0.05, 0.1) is 23.1 Å². The molecule has 0 aromatic heterocycles. The SMILES string of the molecule is CC1CC2C3CCC4=CC(=O)C(C(=O)COCNC(=O)CN)=CC4(C)C3(Cl)C(O)CC2(C)C1CCC(=O)O. The van der Waals surface area contributed by atoms with E-state index in [1.807, 2.05) is 6.92 Å². The number of aliphatic hydroxyl groups excluding tert-OH is 1. The van der Waals surface area contributed by atoms with Crippen molar-refractivity contribution in [3.63, 3.8) is 0 Å². The molecule has 0 aromatic rings. The molecular weight excluding hydrogens is 512 g/mol. The molecule has 210 valence electrons. The van der Waals surface area contributed by atoms with E-state index in [0.29, 0.717) is 25.2 Å². The maximum Gasteiger partial charge on any atom is 0.303 e. The number of amides is 1. The number of aliphatic carboxylic acids is 1. The summed E-state index contributed by atoms with van der Waals surface area (Å²) in [5.41, 5.74) is 4.86. The van der Waals surface area contributed by atoms with Crippen LogP contribution in [0, 0.1) is 34.5 Å². The molecule has 9 nitrogen and oxygen atoms in total. The van der Waals surface area contributed by atoms with Gasteiger partial charge in [-0.1, -0.05) is 32.4 Å². The number of carbonyl (C=O) groups excluding carboxylic acids is 3. The number of ketones is 2. The molecule has 0 aliphatic heterocycles. The Kier molecular flexibility index (Phi) is 7.98. The number of carboxylic acids is 1. The van der Waals surface area contributed by atoms with Crippen LogP contribution in [0.3, 0.4) is 0 Å². The van der Waals surface area contributed by atoms with Crippen molar-refractivity contribution in [2.45, 2.75) is 70.3 Å². The zero-order chi connectivity index (χ0) is 28.0. The summed E-state index contributed by atoms with van der Waals surface area (Å²) in [4.78, 5) is 47.4. The molecule has 0 spiro atoms. The number of halogens is 1. The smallest absolute Gasteiger partial charge is 0.303 e. The average Bonchev–Trinajstić information content (AvgIpc) is 3.10. The fraction of sp³-hybridized carbons (Fsp3) is 0.714. The van der Waals surface area contributed by atoms with Crippen LogP contribution in [0.2, 0.25) is 0 Å². The second-order valence-electron chi connectivity index (χ2n) is 12.0. The van der Waals surface area contributed by atoms with Crippen molar-refractivity contribution in [1.82, 2.24) is 5.32 Å². The van der Waals surface area contributed by atoms with E-state index in [2.05, 4.69) is 19.2 Å². The van der Waals surface area contributed by atoms with Crippen molar-refractivity contribution in [2.75, 3.05) is 19.9 Å². The lowest BCUT2D eigenvalue weighted by Crippen LogP contribution is -2.66. The van der Waals surface area contributed by atoms with E-state index in [-0.39, 0.29) is 48.4 Å². The van der Waals surface area contributed by atoms with E-state index in [1.54, 1.807) is 6.08 Å². The first-order valence-corrected chi connectivity index (χ1v) is 13.8. The number of nitrogens with two attached hydrogens (primary N) is 1. The van der Waals surface area contributed by atoms with E-state index in [1.165, 1.54) is 6.08 Å². The summed E-state index contributed by atoms with van der Waals surface area (Å²) in [5, 5.41) is 23.5. The first-order valence-electron chi connectivity index (χ1n) is 13.4. The van der Waals surface area contributed by atoms with Crippen LogP contribution in [-0.4, -0.2) is 64.5 Å². The number of alkyl halides is 1. The molecule has 3 saturated carbocycles. The van der Waals surface area contributed by atoms with Crippen LogP contribution >= 0.6 is 11.6 Å². The quantitative estimate of drug-likeness (QED) is 0.147. The van der Waals surface area contributed by atoms with Gasteiger partial charge in [0.25, 0.3) is 0 Å². The number of Topliss-reactive ketones (excluding diaryl/α,β-unsaturated/α-hetero) is 1. The molecule has 4 aliphatic carbocycles. The molecule has 10 heteroatoms. The fourth-order valence-electron chi connectivity index (χ4n) is 8.31. The third-order valence-electron chi connectivity index (χ3n) is 10.1. The minimum atomic E-state index is -1.12. The zero-order valence-corrected chi connectivity index (χ0v) is 23.1. The number of hydrogen-bond acceptors (Lipinski definition) is 7. The standard InChI is InChI=1S/C28H39ClN2O7/c1-15-8-20-19-5-4-16-9-21(32)17(22(33)13-38-14-31-24(35)12-30)10-27(16,3)28(19,29)23(34)11-26(20,2)18(15)6-7-25(36)37/h9-10,15,18-20,23,34H,4-8,11-14,30H2,1-3H3,(H,31,35)(H,36,37). The minimum absolute atomic E-state index is 0.0262. The second-order valence-corrected chi connectivity index (χ2v) is 12.6. The summed E-state index contributed by atoms with van der Waals surface area (Å²) in [5.74, 6) is -1.57. The highest BCUT2D eigenvalue weighted by Crippen LogP contribution is 2.71. The fourth-order valence-corrected chi connectivity index (χ4v) is 8.82. The van der Waals surface area contributed by atoms with E-state index in [9.17, 15) is 29.4 Å². The summed E-state index contributed by atoms with van der Waals surface area (Å²) in [6, 6.07) is 0. The lowest BCUT2D eigenvalue weighted by Gasteiger charge is -2.63. The molecule has 0 bridgehead atoms. The Labute approximate surface area is 228 Å². The number of rotatable bonds is 9. The van der Waals surface area contributed by atoms with Crippen LogP contribution in [-0.2, 0) is 23.9 Å². The van der Waals surface area contributed by atoms with Crippen LogP contribution in [0.25, 0.3) is 0 Å². The number of ether oxygens (including phenoxy) is 1. The number of hydrogen-bond donors (Lipinski definition) is 4. The van der Waals surface area contributed by atoms with Crippen LogP contribution in [0.15, 0.2) is 23.3 Å². The Morgan fingerprint density at radius 1 is 1.26 bits per heavy atom. The highest BCUT2D eigenvalue weighted by molar-refractivity contribution is 6.28. The number of fused-ring (bicyclic) bond motifs is 5. The molecule has 0 heterocycles. The lowest BCUT2D eigenvalue weighted by molar-refractivity contribution is -0.138. The van der Waals surface area contributed by atoms with Crippen molar-refractivity contribution in [1.29, 1.82) is 0 Å². The van der Waals surface area contributed by atoms with Gasteiger partial charge in [0.2, 0.25) is 5.91 Å².